The summed E-state index contributed by atoms with van der Waals surface area (Å²) in [5.41, 5.74) is 1.40. The molecule has 4 aliphatic rings. The highest BCUT2D eigenvalue weighted by Crippen LogP contribution is 2.64. The molecule has 4 rings (SSSR count). The highest BCUT2D eigenvalue weighted by atomic mass is 16.3. The summed E-state index contributed by atoms with van der Waals surface area (Å²) in [4.78, 5) is 12.4. The molecule has 6 atom stereocenters. The van der Waals surface area contributed by atoms with Crippen molar-refractivity contribution >= 4 is 5.78 Å². The summed E-state index contributed by atoms with van der Waals surface area (Å²) in [6.45, 7) is 6.69. The summed E-state index contributed by atoms with van der Waals surface area (Å²) in [6, 6.07) is 0. The van der Waals surface area contributed by atoms with E-state index in [2.05, 4.69) is 19.9 Å². The molecule has 4 aliphatic carbocycles. The van der Waals surface area contributed by atoms with E-state index in [1.807, 2.05) is 6.92 Å². The summed E-state index contributed by atoms with van der Waals surface area (Å²) in [5, 5.41) is 10.5. The highest BCUT2D eigenvalue weighted by Gasteiger charge is 2.57. The minimum atomic E-state index is -0.468. The molecule has 0 saturated heterocycles. The fourth-order valence-corrected chi connectivity index (χ4v) is 6.48. The lowest BCUT2D eigenvalue weighted by Gasteiger charge is -2.57. The number of hydrogen-bond acceptors (Lipinski definition) is 2. The summed E-state index contributed by atoms with van der Waals surface area (Å²) in [6.07, 6.45) is 10.8. The number of carbonyl (C=O) groups excluding carboxylic acids is 1. The number of fused-ring (bicyclic) bond motifs is 5. The number of hydrogen-bond donors (Lipinski definition) is 1. The van der Waals surface area contributed by atoms with Gasteiger partial charge in [-0.1, -0.05) is 25.5 Å². The van der Waals surface area contributed by atoms with Crippen molar-refractivity contribution in [2.45, 2.75) is 77.7 Å². The van der Waals surface area contributed by atoms with Gasteiger partial charge in [-0.3, -0.25) is 4.79 Å². The molecule has 122 valence electrons. The molecular formula is C20H30O2. The molecular weight excluding hydrogens is 272 g/mol. The molecule has 2 nitrogen and oxygen atoms in total. The summed E-state index contributed by atoms with van der Waals surface area (Å²) in [5.74, 6) is 2.35. The van der Waals surface area contributed by atoms with E-state index in [-0.39, 0.29) is 10.8 Å². The van der Waals surface area contributed by atoms with Gasteiger partial charge in [0.15, 0.2) is 0 Å². The van der Waals surface area contributed by atoms with Gasteiger partial charge in [0.1, 0.15) is 5.78 Å². The van der Waals surface area contributed by atoms with Crippen molar-refractivity contribution in [1.29, 1.82) is 0 Å². The van der Waals surface area contributed by atoms with Crippen molar-refractivity contribution in [3.8, 4) is 0 Å². The number of allylic oxidation sites excluding steroid dienone is 2. The van der Waals surface area contributed by atoms with Crippen LogP contribution in [-0.2, 0) is 4.79 Å². The SMILES string of the molecule is C[C@@]1(O)CC[C@]2(C)C3=CC[C@]4(C)C(=O)CC[C@H]4[C@@H]3CC[C@@H]2C1. The molecule has 3 saturated carbocycles. The van der Waals surface area contributed by atoms with Crippen molar-refractivity contribution in [3.05, 3.63) is 11.6 Å². The minimum Gasteiger partial charge on any atom is -0.390 e. The van der Waals surface area contributed by atoms with E-state index in [9.17, 15) is 9.90 Å². The Hall–Kier alpha value is -0.630. The van der Waals surface area contributed by atoms with Crippen LogP contribution in [0.15, 0.2) is 11.6 Å². The second kappa shape index (κ2) is 4.47. The van der Waals surface area contributed by atoms with Gasteiger partial charge in [0.05, 0.1) is 5.60 Å². The highest BCUT2D eigenvalue weighted by molar-refractivity contribution is 5.87. The van der Waals surface area contributed by atoms with Gasteiger partial charge in [0.25, 0.3) is 0 Å². The Kier molecular flexibility index (Phi) is 3.03. The van der Waals surface area contributed by atoms with Gasteiger partial charge in [0, 0.05) is 11.8 Å². The topological polar surface area (TPSA) is 37.3 Å². The summed E-state index contributed by atoms with van der Waals surface area (Å²) < 4.78 is 0. The van der Waals surface area contributed by atoms with E-state index in [1.165, 1.54) is 12.8 Å². The van der Waals surface area contributed by atoms with Crippen molar-refractivity contribution in [3.63, 3.8) is 0 Å². The third-order valence-electron chi connectivity index (χ3n) is 8.02. The predicted molar refractivity (Wildman–Crippen MR) is 87.3 cm³/mol. The van der Waals surface area contributed by atoms with Crippen molar-refractivity contribution in [2.24, 2.45) is 28.6 Å². The van der Waals surface area contributed by atoms with Crippen LogP contribution in [0.25, 0.3) is 0 Å². The number of rotatable bonds is 0. The Balaban J connectivity index is 1.70. The van der Waals surface area contributed by atoms with E-state index in [0.717, 1.165) is 38.5 Å². The molecule has 0 aromatic carbocycles. The first-order valence-corrected chi connectivity index (χ1v) is 9.22. The van der Waals surface area contributed by atoms with E-state index >= 15 is 0 Å². The molecule has 0 aromatic rings. The summed E-state index contributed by atoms with van der Waals surface area (Å²) >= 11 is 0. The lowest BCUT2D eigenvalue weighted by Crippen LogP contribution is -2.50. The van der Waals surface area contributed by atoms with Gasteiger partial charge in [-0.05, 0) is 75.0 Å². The van der Waals surface area contributed by atoms with Gasteiger partial charge < -0.3 is 5.11 Å². The van der Waals surface area contributed by atoms with Gasteiger partial charge in [-0.15, -0.1) is 0 Å². The van der Waals surface area contributed by atoms with Crippen LogP contribution in [0, 0.1) is 28.6 Å². The smallest absolute Gasteiger partial charge is 0.139 e. The Morgan fingerprint density at radius 1 is 1.09 bits per heavy atom. The second-order valence-electron chi connectivity index (χ2n) is 9.35. The monoisotopic (exact) mass is 302 g/mol. The maximum absolute atomic E-state index is 12.4. The van der Waals surface area contributed by atoms with E-state index in [0.29, 0.717) is 23.5 Å². The zero-order valence-electron chi connectivity index (χ0n) is 14.3. The summed E-state index contributed by atoms with van der Waals surface area (Å²) in [7, 11) is 0. The predicted octanol–water partition coefficient (Wildman–Crippen LogP) is 4.27. The molecule has 0 heterocycles. The van der Waals surface area contributed by atoms with Crippen LogP contribution in [0.1, 0.15) is 72.1 Å². The Morgan fingerprint density at radius 2 is 1.86 bits per heavy atom. The lowest BCUT2D eigenvalue weighted by atomic mass is 9.48. The molecule has 0 amide bonds. The average molecular weight is 302 g/mol. The van der Waals surface area contributed by atoms with Gasteiger partial charge in [-0.2, -0.15) is 0 Å². The third kappa shape index (κ3) is 1.85. The van der Waals surface area contributed by atoms with Crippen molar-refractivity contribution < 1.29 is 9.90 Å². The first kappa shape index (κ1) is 14.9. The number of Topliss-reactive ketones (excluding diaryl/α,β-unsaturated/α-hetero) is 1. The quantitative estimate of drug-likeness (QED) is 0.679. The molecule has 22 heavy (non-hydrogen) atoms. The molecule has 0 aliphatic heterocycles. The van der Waals surface area contributed by atoms with Crippen LogP contribution in [0.5, 0.6) is 0 Å². The lowest BCUT2D eigenvalue weighted by molar-refractivity contribution is -0.127. The van der Waals surface area contributed by atoms with Crippen LogP contribution in [0.3, 0.4) is 0 Å². The normalized spacial score (nSPS) is 54.3. The van der Waals surface area contributed by atoms with Gasteiger partial charge in [0.2, 0.25) is 0 Å². The zero-order chi connectivity index (χ0) is 15.8. The number of aliphatic hydroxyl groups is 1. The van der Waals surface area contributed by atoms with E-state index in [1.54, 1.807) is 5.57 Å². The molecule has 0 radical (unpaired) electrons. The van der Waals surface area contributed by atoms with Crippen molar-refractivity contribution in [1.82, 2.24) is 0 Å². The van der Waals surface area contributed by atoms with Crippen molar-refractivity contribution in [2.75, 3.05) is 0 Å². The third-order valence-corrected chi connectivity index (χ3v) is 8.02. The van der Waals surface area contributed by atoms with Crippen LogP contribution >= 0.6 is 0 Å². The van der Waals surface area contributed by atoms with Gasteiger partial charge in [-0.25, -0.2) is 0 Å². The molecule has 2 heteroatoms. The Bertz CT molecular complexity index is 546. The first-order valence-electron chi connectivity index (χ1n) is 9.22. The molecule has 0 unspecified atom stereocenters. The maximum atomic E-state index is 12.4. The molecule has 0 spiro atoms. The van der Waals surface area contributed by atoms with Gasteiger partial charge >= 0.3 is 0 Å². The van der Waals surface area contributed by atoms with Crippen LogP contribution in [0.2, 0.25) is 0 Å². The molecule has 3 fully saturated rings. The molecule has 1 N–H and O–H groups in total. The molecule has 0 bridgehead atoms. The first-order chi connectivity index (χ1) is 10.3. The average Bonchev–Trinajstić information content (AvgIpc) is 2.76. The standard InChI is InChI=1S/C20H30O2/c1-18(22)10-11-19(2)13(12-18)4-5-14-15-6-7-17(21)20(15,3)9-8-16(14)19/h8,13-15,22H,4-7,9-12H2,1-3H3/t13-,14+,15+,18-,19+,20+/m1/s1. The van der Waals surface area contributed by atoms with Crippen LogP contribution < -0.4 is 0 Å². The molecule has 0 aromatic heterocycles. The van der Waals surface area contributed by atoms with Crippen LogP contribution in [-0.4, -0.2) is 16.5 Å². The fraction of sp³-hybridized carbons (Fsp3) is 0.850. The largest absolute Gasteiger partial charge is 0.390 e. The van der Waals surface area contributed by atoms with E-state index in [4.69, 9.17) is 0 Å². The Morgan fingerprint density at radius 3 is 2.64 bits per heavy atom. The second-order valence-corrected chi connectivity index (χ2v) is 9.35. The fourth-order valence-electron chi connectivity index (χ4n) is 6.48. The maximum Gasteiger partial charge on any atom is 0.139 e. The van der Waals surface area contributed by atoms with Crippen LogP contribution in [0.4, 0.5) is 0 Å². The zero-order valence-corrected chi connectivity index (χ0v) is 14.3. The number of carbonyl (C=O) groups is 1. The minimum absolute atomic E-state index is 0.0719. The number of ketones is 1. The van der Waals surface area contributed by atoms with E-state index < -0.39 is 5.60 Å². The Labute approximate surface area is 134 Å².